The van der Waals surface area contributed by atoms with Gasteiger partial charge in [-0.1, -0.05) is 18.9 Å². The molecule has 1 saturated carbocycles. The molecule has 2 unspecified atom stereocenters. The van der Waals surface area contributed by atoms with Gasteiger partial charge in [-0.25, -0.2) is 4.98 Å². The molecule has 18 heavy (non-hydrogen) atoms. The Hall–Kier alpha value is -0.870. The Bertz CT molecular complexity index is 580. The van der Waals surface area contributed by atoms with Gasteiger partial charge in [0.15, 0.2) is 5.58 Å². The highest BCUT2D eigenvalue weighted by molar-refractivity contribution is 9.10. The molecule has 3 rings (SSSR count). The van der Waals surface area contributed by atoms with Gasteiger partial charge in [-0.05, 0) is 47.8 Å². The van der Waals surface area contributed by atoms with Gasteiger partial charge in [0, 0.05) is 6.04 Å². The maximum absolute atomic E-state index is 6.29. The fourth-order valence-electron chi connectivity index (χ4n) is 2.79. The first-order valence-corrected chi connectivity index (χ1v) is 7.22. The van der Waals surface area contributed by atoms with Gasteiger partial charge < -0.3 is 10.2 Å². The van der Waals surface area contributed by atoms with E-state index in [1.807, 2.05) is 18.2 Å². The molecule has 1 aliphatic carbocycles. The van der Waals surface area contributed by atoms with E-state index < -0.39 is 0 Å². The molecule has 3 nitrogen and oxygen atoms in total. The lowest BCUT2D eigenvalue weighted by Gasteiger charge is -2.36. The van der Waals surface area contributed by atoms with E-state index in [0.717, 1.165) is 34.3 Å². The Balaban J connectivity index is 2.11. The zero-order valence-corrected chi connectivity index (χ0v) is 12.0. The van der Waals surface area contributed by atoms with E-state index in [0.29, 0.717) is 0 Å². The average Bonchev–Trinajstić information content (AvgIpc) is 2.79. The summed E-state index contributed by atoms with van der Waals surface area (Å²) in [7, 11) is 0. The van der Waals surface area contributed by atoms with E-state index in [1.165, 1.54) is 12.8 Å². The number of hydrogen-bond donors (Lipinski definition) is 1. The number of oxazole rings is 1. The van der Waals surface area contributed by atoms with Crippen molar-refractivity contribution < 1.29 is 4.42 Å². The summed E-state index contributed by atoms with van der Waals surface area (Å²) >= 11 is 3.50. The minimum Gasteiger partial charge on any atom is -0.439 e. The molecule has 0 amide bonds. The minimum atomic E-state index is -0.128. The first-order valence-electron chi connectivity index (χ1n) is 6.42. The zero-order chi connectivity index (χ0) is 12.8. The van der Waals surface area contributed by atoms with Crippen LogP contribution in [0.2, 0.25) is 0 Å². The maximum Gasteiger partial charge on any atom is 0.203 e. The second-order valence-electron chi connectivity index (χ2n) is 5.38. The third-order valence-electron chi connectivity index (χ3n) is 4.14. The average molecular weight is 309 g/mol. The van der Waals surface area contributed by atoms with Crippen LogP contribution in [-0.4, -0.2) is 11.0 Å². The Morgan fingerprint density at radius 2 is 2.28 bits per heavy atom. The molecule has 1 aromatic carbocycles. The van der Waals surface area contributed by atoms with Crippen molar-refractivity contribution in [3.63, 3.8) is 0 Å². The Morgan fingerprint density at radius 1 is 1.44 bits per heavy atom. The summed E-state index contributed by atoms with van der Waals surface area (Å²) in [4.78, 5) is 4.64. The minimum absolute atomic E-state index is 0.128. The lowest BCUT2D eigenvalue weighted by molar-refractivity contribution is 0.225. The molecule has 0 radical (unpaired) electrons. The van der Waals surface area contributed by atoms with Gasteiger partial charge in [0.05, 0.1) is 9.89 Å². The molecule has 0 aliphatic heterocycles. The Labute approximate surface area is 115 Å². The number of nitrogens with zero attached hydrogens (tertiary/aromatic N) is 1. The smallest absolute Gasteiger partial charge is 0.203 e. The van der Waals surface area contributed by atoms with Crippen LogP contribution in [-0.2, 0) is 5.41 Å². The number of halogens is 1. The molecule has 1 heterocycles. The van der Waals surface area contributed by atoms with Gasteiger partial charge in [0.2, 0.25) is 5.89 Å². The molecular formula is C14H17BrN2O. The van der Waals surface area contributed by atoms with Crippen LogP contribution in [0.4, 0.5) is 0 Å². The zero-order valence-electron chi connectivity index (χ0n) is 10.4. The van der Waals surface area contributed by atoms with Crippen molar-refractivity contribution in [2.45, 2.75) is 44.1 Å². The summed E-state index contributed by atoms with van der Waals surface area (Å²) < 4.78 is 6.92. The second kappa shape index (κ2) is 4.35. The number of aromatic nitrogens is 1. The Morgan fingerprint density at radius 3 is 3.00 bits per heavy atom. The number of nitrogens with two attached hydrogens (primary N) is 1. The molecule has 2 atom stereocenters. The van der Waals surface area contributed by atoms with Crippen LogP contribution in [0.25, 0.3) is 11.1 Å². The molecule has 1 aromatic heterocycles. The van der Waals surface area contributed by atoms with Gasteiger partial charge >= 0.3 is 0 Å². The van der Waals surface area contributed by atoms with E-state index in [1.54, 1.807) is 0 Å². The summed E-state index contributed by atoms with van der Waals surface area (Å²) in [6.07, 6.45) is 4.51. The topological polar surface area (TPSA) is 52.0 Å². The summed E-state index contributed by atoms with van der Waals surface area (Å²) in [6.45, 7) is 2.18. The molecule has 1 aliphatic rings. The molecule has 0 bridgehead atoms. The lowest BCUT2D eigenvalue weighted by atomic mass is 9.72. The third-order valence-corrected chi connectivity index (χ3v) is 4.76. The van der Waals surface area contributed by atoms with Crippen molar-refractivity contribution >= 4 is 27.0 Å². The van der Waals surface area contributed by atoms with Crippen molar-refractivity contribution in [1.29, 1.82) is 0 Å². The molecule has 4 heteroatoms. The maximum atomic E-state index is 6.29. The quantitative estimate of drug-likeness (QED) is 0.873. The number of benzene rings is 1. The van der Waals surface area contributed by atoms with Gasteiger partial charge in [-0.2, -0.15) is 0 Å². The van der Waals surface area contributed by atoms with Crippen LogP contribution in [0.5, 0.6) is 0 Å². The predicted molar refractivity (Wildman–Crippen MR) is 75.5 cm³/mol. The standard InChI is InChI=1S/C14H17BrN2O/c1-14(8-3-2-7-11(14)16)13-17-10-6-4-5-9(15)12(10)18-13/h4-6,11H,2-3,7-8,16H2,1H3. The third kappa shape index (κ3) is 1.79. The first-order chi connectivity index (χ1) is 8.61. The molecule has 2 aromatic rings. The van der Waals surface area contributed by atoms with Crippen LogP contribution in [0, 0.1) is 0 Å². The van der Waals surface area contributed by atoms with Gasteiger partial charge in [-0.3, -0.25) is 0 Å². The van der Waals surface area contributed by atoms with E-state index >= 15 is 0 Å². The van der Waals surface area contributed by atoms with Crippen molar-refractivity contribution in [2.24, 2.45) is 5.73 Å². The summed E-state index contributed by atoms with van der Waals surface area (Å²) in [5.74, 6) is 0.789. The monoisotopic (exact) mass is 308 g/mol. The van der Waals surface area contributed by atoms with Crippen molar-refractivity contribution in [2.75, 3.05) is 0 Å². The van der Waals surface area contributed by atoms with Crippen molar-refractivity contribution in [3.8, 4) is 0 Å². The number of hydrogen-bond acceptors (Lipinski definition) is 3. The number of rotatable bonds is 1. The summed E-state index contributed by atoms with van der Waals surface area (Å²) in [5, 5.41) is 0. The van der Waals surface area contributed by atoms with Crippen LogP contribution in [0.3, 0.4) is 0 Å². The van der Waals surface area contributed by atoms with Gasteiger partial charge in [-0.15, -0.1) is 0 Å². The van der Waals surface area contributed by atoms with E-state index in [9.17, 15) is 0 Å². The number of para-hydroxylation sites is 1. The highest BCUT2D eigenvalue weighted by Gasteiger charge is 2.40. The number of fused-ring (bicyclic) bond motifs is 1. The van der Waals surface area contributed by atoms with Crippen molar-refractivity contribution in [1.82, 2.24) is 4.98 Å². The molecule has 96 valence electrons. The molecule has 0 saturated heterocycles. The molecule has 2 N–H and O–H groups in total. The summed E-state index contributed by atoms with van der Waals surface area (Å²) in [6, 6.07) is 6.06. The van der Waals surface area contributed by atoms with Crippen LogP contribution in [0.15, 0.2) is 27.1 Å². The van der Waals surface area contributed by atoms with Crippen molar-refractivity contribution in [3.05, 3.63) is 28.6 Å². The fourth-order valence-corrected chi connectivity index (χ4v) is 3.22. The predicted octanol–water partition coefficient (Wildman–Crippen LogP) is 3.75. The SMILES string of the molecule is CC1(c2nc3cccc(Br)c3o2)CCCCC1N. The molecule has 1 fully saturated rings. The lowest BCUT2D eigenvalue weighted by Crippen LogP contribution is -2.45. The Kier molecular flexibility index (Phi) is 2.94. The summed E-state index contributed by atoms with van der Waals surface area (Å²) in [5.41, 5.74) is 7.89. The van der Waals surface area contributed by atoms with Crippen LogP contribution in [0.1, 0.15) is 38.5 Å². The highest BCUT2D eigenvalue weighted by atomic mass is 79.9. The van der Waals surface area contributed by atoms with Crippen LogP contribution < -0.4 is 5.73 Å². The normalized spacial score (nSPS) is 28.7. The van der Waals surface area contributed by atoms with E-state index in [2.05, 4.69) is 27.8 Å². The molecular weight excluding hydrogens is 292 g/mol. The largest absolute Gasteiger partial charge is 0.439 e. The first kappa shape index (κ1) is 12.2. The van der Waals surface area contributed by atoms with E-state index in [4.69, 9.17) is 10.2 Å². The van der Waals surface area contributed by atoms with Gasteiger partial charge in [0.1, 0.15) is 5.52 Å². The molecule has 0 spiro atoms. The fraction of sp³-hybridized carbons (Fsp3) is 0.500. The van der Waals surface area contributed by atoms with E-state index in [-0.39, 0.29) is 11.5 Å². The van der Waals surface area contributed by atoms with Crippen LogP contribution >= 0.6 is 15.9 Å². The second-order valence-corrected chi connectivity index (χ2v) is 6.23. The van der Waals surface area contributed by atoms with Gasteiger partial charge in [0.25, 0.3) is 0 Å². The highest BCUT2D eigenvalue weighted by Crippen LogP contribution is 2.39.